The van der Waals surface area contributed by atoms with Gasteiger partial charge in [0.25, 0.3) is 0 Å². The van der Waals surface area contributed by atoms with E-state index < -0.39 is 68.1 Å². The summed E-state index contributed by atoms with van der Waals surface area (Å²) in [4.78, 5) is 80.1. The Morgan fingerprint density at radius 1 is 0.395 bits per heavy atom. The third-order valence-corrected chi connectivity index (χ3v) is 30.9. The van der Waals surface area contributed by atoms with Crippen LogP contribution < -0.4 is 56.0 Å². The second-order valence-electron chi connectivity index (χ2n) is 34.2. The number of rotatable bonds is 20. The number of ether oxygens (including phenoxy) is 8. The molecule has 16 bridgehead atoms. The number of benzene rings is 6. The maximum absolute atomic E-state index is 12.9. The molecule has 4 saturated heterocycles. The Kier molecular flexibility index (Phi) is 27.1. The zero-order valence-corrected chi connectivity index (χ0v) is 72.1. The molecule has 12 aliphatic carbocycles. The van der Waals surface area contributed by atoms with Crippen molar-refractivity contribution in [3.63, 3.8) is 0 Å². The minimum Gasteiger partial charge on any atom is -1.00 e. The van der Waals surface area contributed by atoms with Crippen LogP contribution in [-0.4, -0.2) is 122 Å². The molecular weight excluding hydrogens is 1610 g/mol. The summed E-state index contributed by atoms with van der Waals surface area (Å²) in [5, 5.41) is 0. The van der Waals surface area contributed by atoms with E-state index in [1.807, 2.05) is 0 Å². The van der Waals surface area contributed by atoms with Crippen molar-refractivity contribution in [2.24, 2.45) is 71.0 Å². The second kappa shape index (κ2) is 36.1. The molecule has 604 valence electrons. The van der Waals surface area contributed by atoms with Crippen molar-refractivity contribution < 1.29 is 139 Å². The van der Waals surface area contributed by atoms with E-state index in [0.29, 0.717) is 37.5 Å². The van der Waals surface area contributed by atoms with E-state index >= 15 is 0 Å². The molecule has 16 aliphatic rings. The van der Waals surface area contributed by atoms with Crippen molar-refractivity contribution in [1.82, 2.24) is 0 Å². The van der Waals surface area contributed by atoms with Gasteiger partial charge in [-0.05, 0) is 274 Å². The normalized spacial score (nSPS) is 30.4. The van der Waals surface area contributed by atoms with Gasteiger partial charge in [0.15, 0.2) is 42.6 Å². The molecule has 0 N–H and O–H groups in total. The van der Waals surface area contributed by atoms with Crippen LogP contribution >= 0.6 is 0 Å². The number of halogens is 1. The van der Waals surface area contributed by atoms with Crippen molar-refractivity contribution in [3.05, 3.63) is 168 Å². The zero-order chi connectivity index (χ0) is 78.4. The predicted molar refractivity (Wildman–Crippen MR) is 413 cm³/mol. The molecule has 4 aliphatic heterocycles. The summed E-state index contributed by atoms with van der Waals surface area (Å²) in [5.74, 6) is 1.25. The number of esters is 6. The van der Waals surface area contributed by atoms with Gasteiger partial charge in [-0.3, -0.25) is 19.2 Å². The molecule has 4 heterocycles. The third kappa shape index (κ3) is 20.5. The summed E-state index contributed by atoms with van der Waals surface area (Å²) >= 11 is 0. The van der Waals surface area contributed by atoms with Crippen LogP contribution in [-0.2, 0) is 99.2 Å². The van der Waals surface area contributed by atoms with Crippen molar-refractivity contribution in [2.45, 2.75) is 221 Å². The fraction of sp³-hybridized carbons (Fsp3) is 0.523. The van der Waals surface area contributed by atoms with Gasteiger partial charge in [0.05, 0.1) is 33.6 Å². The SMILES string of the molecule is Cc1cc([S+](c2ccccc2)c2ccccc2)cc(C)c1OCC(=O)OC12CC3CC(CC(C3)C1)C2.Cc1cc([S+](c2ccccc2)c2ccccc2)cc(C)c1OCC(=O)OC12CC3CC(CC(C3)C1)C2.O=C(CS(=O)(=O)[O-])OC1C2CC3CC(C2)C(=O)OC1C3.O=C(CS(=O)(=O)[O-])OC1C2CC3CC(C2)C(=O)OC1C3.[Br-].[Na+]. The number of hydrogen-bond acceptors (Lipinski definition) is 20. The van der Waals surface area contributed by atoms with Gasteiger partial charge in [0, 0.05) is 36.1 Å². The van der Waals surface area contributed by atoms with E-state index in [2.05, 4.69) is 173 Å². The molecule has 22 rings (SSSR count). The fourth-order valence-corrected chi connectivity index (χ4v) is 27.4. The van der Waals surface area contributed by atoms with Gasteiger partial charge in [0.1, 0.15) is 78.9 Å². The molecule has 6 aromatic rings. The maximum atomic E-state index is 12.9. The van der Waals surface area contributed by atoms with Crippen LogP contribution in [0.5, 0.6) is 11.5 Å². The van der Waals surface area contributed by atoms with E-state index in [4.69, 9.17) is 37.9 Å². The first-order valence-electron chi connectivity index (χ1n) is 39.9. The van der Waals surface area contributed by atoms with Crippen LogP contribution in [0.25, 0.3) is 0 Å². The Morgan fingerprint density at radius 3 is 0.947 bits per heavy atom. The molecule has 20 nitrogen and oxygen atoms in total. The van der Waals surface area contributed by atoms with Crippen molar-refractivity contribution >= 4 is 77.8 Å². The average molecular weight is 1710 g/mol. The van der Waals surface area contributed by atoms with Gasteiger partial charge in [-0.15, -0.1) is 0 Å². The molecule has 10 unspecified atom stereocenters. The predicted octanol–water partition coefficient (Wildman–Crippen LogP) is 8.20. The molecular formula is C88H100BrNaO20S4. The Bertz CT molecular complexity index is 4220. The van der Waals surface area contributed by atoms with E-state index in [1.165, 1.54) is 67.9 Å². The molecule has 0 aromatic heterocycles. The van der Waals surface area contributed by atoms with Crippen LogP contribution in [0, 0.1) is 98.7 Å². The standard InChI is InChI=1S/2C32H35O3S.2C12H16O7S.BrH.Na/c2*1-22-13-29(36(27-9-5-3-6-10-27)28-11-7-4-8-12-28)14-23(2)31(22)34-21-30(33)35-32-18-24-15-25(19-32)17-26(16-24)20-32;2*13-10(5-20(15,16)17)19-11-7-1-6-2-8(4-7)12(14)18-9(11)3-6;;/h2*3-14,24-26H,15-21H2,1-2H3;2*6-9,11H,1-5H2,(H,15,16,17);1H;/q2*+1;;;;+1/p-3. The largest absolute Gasteiger partial charge is 1.00 e. The van der Waals surface area contributed by atoms with Gasteiger partial charge in [0.2, 0.25) is 0 Å². The van der Waals surface area contributed by atoms with Crippen LogP contribution in [0.1, 0.15) is 151 Å². The minimum atomic E-state index is -4.65. The summed E-state index contributed by atoms with van der Waals surface area (Å²) in [5.41, 5.74) is 3.77. The van der Waals surface area contributed by atoms with Crippen LogP contribution in [0.2, 0.25) is 0 Å². The molecule has 0 spiro atoms. The average Bonchev–Trinajstić information content (AvgIpc) is 1.11. The topological polar surface area (TPSA) is 291 Å². The number of carbonyl (C=O) groups is 6. The van der Waals surface area contributed by atoms with E-state index in [1.54, 1.807) is 0 Å². The van der Waals surface area contributed by atoms with Gasteiger partial charge in [-0.2, -0.15) is 0 Å². The van der Waals surface area contributed by atoms with E-state index in [0.717, 1.165) is 133 Å². The number of fused-ring (bicyclic) bond motifs is 2. The summed E-state index contributed by atoms with van der Waals surface area (Å²) in [6, 6.07) is 51.5. The smallest absolute Gasteiger partial charge is 1.00 e. The molecule has 16 fully saturated rings. The van der Waals surface area contributed by atoms with Gasteiger partial charge in [-0.25, -0.2) is 26.4 Å². The third-order valence-electron chi connectivity index (χ3n) is 25.4. The van der Waals surface area contributed by atoms with Gasteiger partial charge < -0.3 is 64.0 Å². The summed E-state index contributed by atoms with van der Waals surface area (Å²) in [6.07, 6.45) is 18.0. The molecule has 26 heteroatoms. The monoisotopic (exact) mass is 1710 g/mol. The van der Waals surface area contributed by atoms with Gasteiger partial charge >= 0.3 is 65.4 Å². The first-order chi connectivity index (χ1) is 53.6. The number of aryl methyl sites for hydroxylation is 4. The fourth-order valence-electron chi connectivity index (χ4n) is 22.2. The molecule has 114 heavy (non-hydrogen) atoms. The quantitative estimate of drug-likeness (QED) is 0.0229. The summed E-state index contributed by atoms with van der Waals surface area (Å²) < 4.78 is 109. The minimum absolute atomic E-state index is 0. The van der Waals surface area contributed by atoms with Gasteiger partial charge in [-0.1, -0.05) is 72.8 Å². The van der Waals surface area contributed by atoms with Crippen molar-refractivity contribution in [3.8, 4) is 11.5 Å². The molecule has 10 atom stereocenters. The van der Waals surface area contributed by atoms with Crippen LogP contribution in [0.3, 0.4) is 0 Å². The first-order valence-corrected chi connectivity index (χ1v) is 45.5. The Balaban J connectivity index is 0.000000137. The van der Waals surface area contributed by atoms with Crippen molar-refractivity contribution in [1.29, 1.82) is 0 Å². The van der Waals surface area contributed by atoms with Crippen LogP contribution in [0.4, 0.5) is 0 Å². The van der Waals surface area contributed by atoms with E-state index in [9.17, 15) is 54.7 Å². The number of carbonyl (C=O) groups excluding carboxylic acids is 6. The molecule has 0 amide bonds. The second-order valence-corrected chi connectivity index (χ2v) is 41.0. The summed E-state index contributed by atoms with van der Waals surface area (Å²) in [6.45, 7) is 8.26. The number of hydrogen-bond donors (Lipinski definition) is 0. The molecule has 12 saturated carbocycles. The summed E-state index contributed by atoms with van der Waals surface area (Å²) in [7, 11) is -9.73. The van der Waals surface area contributed by atoms with E-state index in [-0.39, 0.29) is 140 Å². The van der Waals surface area contributed by atoms with Crippen molar-refractivity contribution in [2.75, 3.05) is 24.7 Å². The molecule has 0 radical (unpaired) electrons. The first kappa shape index (κ1) is 85.6. The molecule has 6 aromatic carbocycles. The Morgan fingerprint density at radius 2 is 0.675 bits per heavy atom. The zero-order valence-electron chi connectivity index (χ0n) is 65.2. The maximum Gasteiger partial charge on any atom is 1.00 e. The Labute approximate surface area is 707 Å². The van der Waals surface area contributed by atoms with Crippen LogP contribution in [0.15, 0.2) is 175 Å². The Hall–Kier alpha value is -6.26.